The Kier molecular flexibility index (Phi) is 10.3. The highest BCUT2D eigenvalue weighted by atomic mass is 16.5. The molecule has 0 aliphatic heterocycles. The molecule has 154 valence electrons. The summed E-state index contributed by atoms with van der Waals surface area (Å²) >= 11 is 0. The summed E-state index contributed by atoms with van der Waals surface area (Å²) < 4.78 is 5.76. The van der Waals surface area contributed by atoms with Crippen LogP contribution in [0.5, 0.6) is 0 Å². The number of nitrogens with zero attached hydrogens (tertiary/aromatic N) is 2. The van der Waals surface area contributed by atoms with Crippen molar-refractivity contribution in [1.29, 1.82) is 0 Å². The predicted octanol–water partition coefficient (Wildman–Crippen LogP) is 5.40. The van der Waals surface area contributed by atoms with Gasteiger partial charge in [0.1, 0.15) is 23.6 Å². The minimum absolute atomic E-state index is 0.0432. The van der Waals surface area contributed by atoms with E-state index in [2.05, 4.69) is 49.5 Å². The molecule has 30 heavy (non-hydrogen) atoms. The summed E-state index contributed by atoms with van der Waals surface area (Å²) in [5.41, 5.74) is 1.89. The molecule has 0 N–H and O–H groups in total. The lowest BCUT2D eigenvalue weighted by molar-refractivity contribution is 0.349. The first kappa shape index (κ1) is 24.3. The quantitative estimate of drug-likeness (QED) is 0.180. The van der Waals surface area contributed by atoms with Crippen molar-refractivity contribution in [2.45, 2.75) is 13.8 Å². The Labute approximate surface area is 180 Å². The summed E-state index contributed by atoms with van der Waals surface area (Å²) in [5.74, 6) is 0.826. The van der Waals surface area contributed by atoms with Gasteiger partial charge in [-0.05, 0) is 29.5 Å². The van der Waals surface area contributed by atoms with Crippen molar-refractivity contribution in [3.63, 3.8) is 0 Å². The number of allylic oxidation sites excluding steroid dienone is 4. The SMILES string of the molecule is C=CC(C)C(=C)N=CN=C(C(=C)OC(=C)/C=C\C)c1ccc(=C)ccccc(=C)c1. The Morgan fingerprint density at radius 2 is 1.70 bits per heavy atom. The fourth-order valence-electron chi connectivity index (χ4n) is 2.20. The zero-order chi connectivity index (χ0) is 22.5. The van der Waals surface area contributed by atoms with Crippen LogP contribution in [0.4, 0.5) is 0 Å². The molecule has 0 saturated heterocycles. The van der Waals surface area contributed by atoms with Gasteiger partial charge in [-0.2, -0.15) is 0 Å². The first-order chi connectivity index (χ1) is 14.3. The molecule has 1 aromatic carbocycles. The van der Waals surface area contributed by atoms with Crippen LogP contribution in [0, 0.1) is 5.92 Å². The van der Waals surface area contributed by atoms with Gasteiger partial charge in [-0.3, -0.25) is 0 Å². The molecular formula is C27H30N2O. The van der Waals surface area contributed by atoms with Crippen molar-refractivity contribution in [2.24, 2.45) is 15.9 Å². The van der Waals surface area contributed by atoms with Gasteiger partial charge in [-0.1, -0.05) is 88.4 Å². The van der Waals surface area contributed by atoms with Gasteiger partial charge in [0.25, 0.3) is 0 Å². The molecule has 1 rings (SSSR count). The van der Waals surface area contributed by atoms with Crippen LogP contribution in [0.15, 0.2) is 114 Å². The Morgan fingerprint density at radius 1 is 1.03 bits per heavy atom. The van der Waals surface area contributed by atoms with Crippen molar-refractivity contribution in [3.8, 4) is 0 Å². The van der Waals surface area contributed by atoms with E-state index in [9.17, 15) is 0 Å². The van der Waals surface area contributed by atoms with Crippen molar-refractivity contribution in [1.82, 2.24) is 0 Å². The number of rotatable bonds is 9. The highest BCUT2D eigenvalue weighted by molar-refractivity contribution is 6.13. The molecule has 0 amide bonds. The molecule has 1 atom stereocenters. The second kappa shape index (κ2) is 12.7. The third kappa shape index (κ3) is 8.53. The summed E-state index contributed by atoms with van der Waals surface area (Å²) in [5, 5.41) is 1.63. The van der Waals surface area contributed by atoms with E-state index in [-0.39, 0.29) is 5.92 Å². The first-order valence-electron chi connectivity index (χ1n) is 9.51. The molecule has 3 nitrogen and oxygen atoms in total. The number of hydrogen-bond donors (Lipinski definition) is 0. The fraction of sp³-hybridized carbons (Fsp3) is 0.111. The van der Waals surface area contributed by atoms with Crippen LogP contribution in [-0.4, -0.2) is 12.1 Å². The molecule has 0 fully saturated rings. The topological polar surface area (TPSA) is 34.0 Å². The molecule has 0 bridgehead atoms. The normalized spacial score (nSPS) is 12.3. The molecule has 3 heteroatoms. The summed E-state index contributed by atoms with van der Waals surface area (Å²) in [7, 11) is 0. The van der Waals surface area contributed by atoms with Crippen LogP contribution in [0.2, 0.25) is 0 Å². The van der Waals surface area contributed by atoms with Gasteiger partial charge in [-0.15, -0.1) is 6.58 Å². The van der Waals surface area contributed by atoms with E-state index in [1.54, 1.807) is 12.2 Å². The van der Waals surface area contributed by atoms with Crippen LogP contribution in [0.3, 0.4) is 0 Å². The number of ether oxygens (including phenoxy) is 1. The molecule has 0 aliphatic carbocycles. The van der Waals surface area contributed by atoms with Crippen LogP contribution in [-0.2, 0) is 4.74 Å². The van der Waals surface area contributed by atoms with Crippen LogP contribution in [0.1, 0.15) is 19.4 Å². The van der Waals surface area contributed by atoms with Gasteiger partial charge in [-0.25, -0.2) is 9.98 Å². The fourth-order valence-corrected chi connectivity index (χ4v) is 2.20. The molecule has 1 unspecified atom stereocenters. The van der Waals surface area contributed by atoms with E-state index in [4.69, 9.17) is 4.74 Å². The zero-order valence-corrected chi connectivity index (χ0v) is 18.0. The largest absolute Gasteiger partial charge is 0.456 e. The maximum atomic E-state index is 5.76. The second-order valence-electron chi connectivity index (χ2n) is 6.53. The Hall–Kier alpha value is -3.72. The third-order valence-corrected chi connectivity index (χ3v) is 3.98. The van der Waals surface area contributed by atoms with E-state index in [1.165, 1.54) is 6.34 Å². The van der Waals surface area contributed by atoms with Gasteiger partial charge in [0.2, 0.25) is 0 Å². The smallest absolute Gasteiger partial charge is 0.146 e. The summed E-state index contributed by atoms with van der Waals surface area (Å²) in [6.07, 6.45) is 6.79. The van der Waals surface area contributed by atoms with Crippen molar-refractivity contribution in [3.05, 3.63) is 120 Å². The molecule has 1 aromatic rings. The summed E-state index contributed by atoms with van der Waals surface area (Å²) in [6.45, 7) is 27.5. The lowest BCUT2D eigenvalue weighted by Crippen LogP contribution is -2.10. The van der Waals surface area contributed by atoms with Gasteiger partial charge in [0.05, 0.1) is 0 Å². The van der Waals surface area contributed by atoms with Crippen molar-refractivity contribution in [2.75, 3.05) is 0 Å². The maximum absolute atomic E-state index is 5.76. The third-order valence-electron chi connectivity index (χ3n) is 3.98. The molecular weight excluding hydrogens is 368 g/mol. The van der Waals surface area contributed by atoms with Gasteiger partial charge in [0, 0.05) is 17.2 Å². The van der Waals surface area contributed by atoms with Crippen LogP contribution >= 0.6 is 0 Å². The van der Waals surface area contributed by atoms with Crippen molar-refractivity contribution >= 4 is 25.2 Å². The first-order valence-corrected chi connectivity index (χ1v) is 9.51. The monoisotopic (exact) mass is 398 g/mol. The number of hydrogen-bond acceptors (Lipinski definition) is 2. The van der Waals surface area contributed by atoms with Crippen LogP contribution < -0.4 is 10.4 Å². The average Bonchev–Trinajstić information content (AvgIpc) is 2.70. The summed E-state index contributed by atoms with van der Waals surface area (Å²) in [4.78, 5) is 8.82. The second-order valence-corrected chi connectivity index (χ2v) is 6.53. The zero-order valence-electron chi connectivity index (χ0n) is 18.0. The predicted molar refractivity (Wildman–Crippen MR) is 132 cm³/mol. The highest BCUT2D eigenvalue weighted by Gasteiger charge is 2.10. The van der Waals surface area contributed by atoms with Crippen molar-refractivity contribution < 1.29 is 4.74 Å². The highest BCUT2D eigenvalue weighted by Crippen LogP contribution is 2.13. The maximum Gasteiger partial charge on any atom is 0.146 e. The minimum Gasteiger partial charge on any atom is -0.456 e. The number of aliphatic imine (C=N–C) groups is 2. The van der Waals surface area contributed by atoms with E-state index in [0.29, 0.717) is 22.9 Å². The summed E-state index contributed by atoms with van der Waals surface area (Å²) in [6, 6.07) is 13.3. The lowest BCUT2D eigenvalue weighted by Gasteiger charge is -2.11. The van der Waals surface area contributed by atoms with E-state index >= 15 is 0 Å². The van der Waals surface area contributed by atoms with Gasteiger partial charge >= 0.3 is 0 Å². The van der Waals surface area contributed by atoms with Gasteiger partial charge < -0.3 is 4.74 Å². The average molecular weight is 399 g/mol. The van der Waals surface area contributed by atoms with E-state index in [1.807, 2.05) is 62.4 Å². The molecule has 0 saturated carbocycles. The Bertz CT molecular complexity index is 1060. The molecule has 0 radical (unpaired) electrons. The molecule has 0 spiro atoms. The lowest BCUT2D eigenvalue weighted by atomic mass is 10.1. The van der Waals surface area contributed by atoms with E-state index < -0.39 is 0 Å². The Balaban J connectivity index is 3.58. The molecule has 0 heterocycles. The molecule has 0 aromatic heterocycles. The molecule has 0 aliphatic rings. The van der Waals surface area contributed by atoms with E-state index in [0.717, 1.165) is 16.0 Å². The minimum atomic E-state index is 0.0432. The van der Waals surface area contributed by atoms with Gasteiger partial charge in [0.15, 0.2) is 0 Å². The van der Waals surface area contributed by atoms with Crippen LogP contribution in [0.25, 0.3) is 13.2 Å². The Morgan fingerprint density at radius 3 is 2.33 bits per heavy atom. The standard InChI is InChI=1S/C27H30N2O/c1-9-13-23(6)30-25(8)27(29-19-28-24(7)22(5)10-2)26-17-16-20(3)14-11-12-15-21(4)18-26/h9-19,22H,2-4,6-8H2,1,5H3/b13-9-,14-11?,15-12?,17-16?,26-18?,28-19?,29-27?.